The van der Waals surface area contributed by atoms with Crippen molar-refractivity contribution < 1.29 is 16.5 Å². The fourth-order valence-corrected chi connectivity index (χ4v) is 7.01. The van der Waals surface area contributed by atoms with E-state index in [4.69, 9.17) is 9.98 Å². The predicted octanol–water partition coefficient (Wildman–Crippen LogP) is 16.6. The van der Waals surface area contributed by atoms with Crippen LogP contribution in [0.1, 0.15) is 219 Å². The second-order valence-electron chi connectivity index (χ2n) is 15.2. The second kappa shape index (κ2) is 34.1. The van der Waals surface area contributed by atoms with Crippen LogP contribution in [-0.2, 0) is 29.3 Å². The van der Waals surface area contributed by atoms with Crippen LogP contribution in [0.5, 0.6) is 0 Å². The number of rotatable bonds is 33. The summed E-state index contributed by atoms with van der Waals surface area (Å²) >= 11 is 0. The number of hydrogen-bond donors (Lipinski definition) is 0. The summed E-state index contributed by atoms with van der Waals surface area (Å²) in [6.07, 6.45) is 39.4. The molecule has 2 aromatic carbocycles. The third-order valence-corrected chi connectivity index (χ3v) is 10.4. The molecular weight excluding hydrogens is 663 g/mol. The molecule has 2 rings (SSSR count). The van der Waals surface area contributed by atoms with Gasteiger partial charge in [0.05, 0.1) is 22.8 Å². The van der Waals surface area contributed by atoms with Crippen LogP contribution in [0.15, 0.2) is 58.5 Å². The van der Waals surface area contributed by atoms with E-state index in [1.54, 1.807) is 0 Å². The fourth-order valence-electron chi connectivity index (χ4n) is 7.01. The van der Waals surface area contributed by atoms with Crippen molar-refractivity contribution in [2.45, 2.75) is 220 Å². The number of aliphatic imine (C=N–C) groups is 2. The van der Waals surface area contributed by atoms with Crippen molar-refractivity contribution in [3.8, 4) is 0 Å². The molecular formula is C48H80N2Ni. The van der Waals surface area contributed by atoms with Gasteiger partial charge in [-0.25, -0.2) is 0 Å². The molecule has 0 heterocycles. The van der Waals surface area contributed by atoms with Crippen molar-refractivity contribution in [3.63, 3.8) is 0 Å². The summed E-state index contributed by atoms with van der Waals surface area (Å²) in [5.74, 6) is 0. The van der Waals surface area contributed by atoms with E-state index in [-0.39, 0.29) is 16.5 Å². The Morgan fingerprint density at radius 2 is 0.608 bits per heavy atom. The van der Waals surface area contributed by atoms with Crippen LogP contribution in [0.4, 0.5) is 11.4 Å². The summed E-state index contributed by atoms with van der Waals surface area (Å²) in [6, 6.07) is 18.3. The Labute approximate surface area is 327 Å². The zero-order chi connectivity index (χ0) is 35.7. The van der Waals surface area contributed by atoms with Crippen LogP contribution in [0, 0.1) is 0 Å². The normalized spacial score (nSPS) is 12.0. The first kappa shape index (κ1) is 47.3. The van der Waals surface area contributed by atoms with E-state index in [0.717, 1.165) is 30.6 Å². The maximum absolute atomic E-state index is 5.32. The first-order valence-electron chi connectivity index (χ1n) is 22.0. The van der Waals surface area contributed by atoms with E-state index in [9.17, 15) is 0 Å². The topological polar surface area (TPSA) is 24.7 Å². The van der Waals surface area contributed by atoms with E-state index in [2.05, 4.69) is 76.2 Å². The molecule has 2 nitrogen and oxygen atoms in total. The standard InChI is InChI=1S/C48H80N2.Ni/c1-5-9-13-16-19-21-23-25-28-31-43-35-39-45(40-36-43)49-47(33-12-8-4)48(34-30-27-18-15-11-7-3)50-46-41-37-44(38-42-46)32-29-26-24-22-20-17-14-10-6-2;/h35-42H,5-34H2,1-4H3;. The molecule has 3 heteroatoms. The van der Waals surface area contributed by atoms with Crippen molar-refractivity contribution in [2.24, 2.45) is 9.98 Å². The second-order valence-corrected chi connectivity index (χ2v) is 15.2. The molecule has 0 unspecified atom stereocenters. The van der Waals surface area contributed by atoms with Gasteiger partial charge >= 0.3 is 0 Å². The zero-order valence-corrected chi connectivity index (χ0v) is 35.0. The number of unbranched alkanes of at least 4 members (excludes halogenated alkanes) is 22. The molecule has 0 aliphatic rings. The smallest absolute Gasteiger partial charge is 0.0633 e. The van der Waals surface area contributed by atoms with Gasteiger partial charge in [-0.3, -0.25) is 9.98 Å². The molecule has 0 aromatic heterocycles. The molecule has 0 radical (unpaired) electrons. The summed E-state index contributed by atoms with van der Waals surface area (Å²) in [5, 5.41) is 0. The van der Waals surface area contributed by atoms with E-state index in [0.29, 0.717) is 0 Å². The molecule has 0 spiro atoms. The van der Waals surface area contributed by atoms with Gasteiger partial charge in [0, 0.05) is 16.5 Å². The number of hydrogen-bond acceptors (Lipinski definition) is 2. The van der Waals surface area contributed by atoms with Gasteiger partial charge in [0.2, 0.25) is 0 Å². The average molecular weight is 744 g/mol. The molecule has 0 bridgehead atoms. The van der Waals surface area contributed by atoms with Crippen molar-refractivity contribution in [2.75, 3.05) is 0 Å². The minimum atomic E-state index is 0. The van der Waals surface area contributed by atoms with Gasteiger partial charge in [-0.2, -0.15) is 0 Å². The van der Waals surface area contributed by atoms with E-state index < -0.39 is 0 Å². The fraction of sp³-hybridized carbons (Fsp3) is 0.708. The summed E-state index contributed by atoms with van der Waals surface area (Å²) < 4.78 is 0. The third-order valence-electron chi connectivity index (χ3n) is 10.4. The van der Waals surface area contributed by atoms with Crippen molar-refractivity contribution >= 4 is 22.8 Å². The minimum absolute atomic E-state index is 0. The van der Waals surface area contributed by atoms with Crippen LogP contribution in [-0.4, -0.2) is 11.4 Å². The van der Waals surface area contributed by atoms with Gasteiger partial charge in [0.15, 0.2) is 0 Å². The molecule has 292 valence electrons. The molecule has 51 heavy (non-hydrogen) atoms. The molecule has 0 fully saturated rings. The molecule has 0 amide bonds. The maximum Gasteiger partial charge on any atom is 0.0633 e. The Morgan fingerprint density at radius 3 is 0.941 bits per heavy atom. The Hall–Kier alpha value is -1.73. The van der Waals surface area contributed by atoms with E-state index >= 15 is 0 Å². The van der Waals surface area contributed by atoms with Crippen molar-refractivity contribution in [3.05, 3.63) is 59.7 Å². The van der Waals surface area contributed by atoms with Gasteiger partial charge in [-0.15, -0.1) is 0 Å². The SMILES string of the molecule is CCCCCCCCCCCc1ccc(N=C(CCCC)C(CCCCCCCC)=Nc2ccc(CCCCCCCCCCC)cc2)cc1.[Ni]. The third kappa shape index (κ3) is 25.0. The number of aryl methyl sites for hydroxylation is 2. The largest absolute Gasteiger partial charge is 0.252 e. The molecule has 0 aliphatic carbocycles. The first-order chi connectivity index (χ1) is 24.7. The zero-order valence-electron chi connectivity index (χ0n) is 34.0. The Bertz CT molecular complexity index is 1100. The van der Waals surface area contributed by atoms with Crippen LogP contribution in [0.25, 0.3) is 0 Å². The number of nitrogens with zero attached hydrogens (tertiary/aromatic N) is 2. The summed E-state index contributed by atoms with van der Waals surface area (Å²) in [7, 11) is 0. The first-order valence-corrected chi connectivity index (χ1v) is 22.0. The molecule has 0 N–H and O–H groups in total. The summed E-state index contributed by atoms with van der Waals surface area (Å²) in [6.45, 7) is 9.18. The number of benzene rings is 2. The average Bonchev–Trinajstić information content (AvgIpc) is 3.14. The molecule has 0 saturated heterocycles. The summed E-state index contributed by atoms with van der Waals surface area (Å²) in [4.78, 5) is 10.6. The van der Waals surface area contributed by atoms with Crippen LogP contribution in [0.3, 0.4) is 0 Å². The summed E-state index contributed by atoms with van der Waals surface area (Å²) in [5.41, 5.74) is 7.48. The molecule has 0 atom stereocenters. The minimum Gasteiger partial charge on any atom is -0.252 e. The molecule has 2 aromatic rings. The Morgan fingerprint density at radius 1 is 0.333 bits per heavy atom. The van der Waals surface area contributed by atoms with Crippen molar-refractivity contribution in [1.29, 1.82) is 0 Å². The van der Waals surface area contributed by atoms with Gasteiger partial charge in [-0.1, -0.05) is 193 Å². The van der Waals surface area contributed by atoms with Crippen LogP contribution >= 0.6 is 0 Å². The van der Waals surface area contributed by atoms with E-state index in [1.807, 2.05) is 0 Å². The molecule has 0 aliphatic heterocycles. The maximum atomic E-state index is 5.32. The van der Waals surface area contributed by atoms with Crippen molar-refractivity contribution in [1.82, 2.24) is 0 Å². The quantitative estimate of drug-likeness (QED) is 0.0395. The van der Waals surface area contributed by atoms with Gasteiger partial charge in [0.25, 0.3) is 0 Å². The van der Waals surface area contributed by atoms with Gasteiger partial charge in [-0.05, 0) is 86.8 Å². The van der Waals surface area contributed by atoms with Gasteiger partial charge in [0.1, 0.15) is 0 Å². The monoisotopic (exact) mass is 743 g/mol. The van der Waals surface area contributed by atoms with Crippen LogP contribution < -0.4 is 0 Å². The van der Waals surface area contributed by atoms with Crippen LogP contribution in [0.2, 0.25) is 0 Å². The van der Waals surface area contributed by atoms with Gasteiger partial charge < -0.3 is 0 Å². The Kier molecular flexibility index (Phi) is 31.6. The Balaban J connectivity index is 0.0000130. The molecule has 0 saturated carbocycles. The van der Waals surface area contributed by atoms with E-state index in [1.165, 1.54) is 196 Å². The predicted molar refractivity (Wildman–Crippen MR) is 226 cm³/mol.